The Morgan fingerprint density at radius 1 is 1.35 bits per heavy atom. The van der Waals surface area contributed by atoms with E-state index >= 15 is 0 Å². The molecule has 0 N–H and O–H groups in total. The van der Waals surface area contributed by atoms with Crippen molar-refractivity contribution >= 4 is 15.7 Å². The Bertz CT molecular complexity index is 1100. The molecule has 166 valence electrons. The maximum atomic E-state index is 13.9. The number of aromatic nitrogens is 1. The lowest BCUT2D eigenvalue weighted by atomic mass is 9.83. The minimum atomic E-state index is -3.65. The zero-order valence-corrected chi connectivity index (χ0v) is 18.2. The fourth-order valence-corrected chi connectivity index (χ4v) is 6.80. The first-order valence-electron chi connectivity index (χ1n) is 10.7. The second-order valence-corrected chi connectivity index (χ2v) is 10.3. The van der Waals surface area contributed by atoms with Crippen molar-refractivity contribution in [1.29, 1.82) is 0 Å². The summed E-state index contributed by atoms with van der Waals surface area (Å²) in [4.78, 5) is 6.72. The predicted molar refractivity (Wildman–Crippen MR) is 113 cm³/mol. The molecule has 2 saturated heterocycles. The number of hydrogen-bond acceptors (Lipinski definition) is 6. The molecule has 1 unspecified atom stereocenters. The van der Waals surface area contributed by atoms with E-state index in [0.717, 1.165) is 30.9 Å². The van der Waals surface area contributed by atoms with Crippen molar-refractivity contribution in [2.24, 2.45) is 0 Å². The Hall–Kier alpha value is -2.23. The Morgan fingerprint density at radius 3 is 2.97 bits per heavy atom. The van der Waals surface area contributed by atoms with Gasteiger partial charge in [0.15, 0.2) is 12.2 Å². The molecule has 31 heavy (non-hydrogen) atoms. The van der Waals surface area contributed by atoms with Gasteiger partial charge >= 0.3 is 0 Å². The summed E-state index contributed by atoms with van der Waals surface area (Å²) in [6.45, 7) is 4.14. The van der Waals surface area contributed by atoms with Crippen LogP contribution in [0.4, 0.5) is 10.1 Å². The SMILES string of the molecule is C[C@H]1C[C@@]2(C=CS(=O)(=O)N2c2cccc(F)c2)CCN1Cc1ncoc1C1CCCO1. The molecule has 0 amide bonds. The molecule has 0 aliphatic carbocycles. The first-order chi connectivity index (χ1) is 14.9. The van der Waals surface area contributed by atoms with Gasteiger partial charge in [-0.1, -0.05) is 6.07 Å². The number of ether oxygens (including phenoxy) is 1. The molecule has 2 aromatic rings. The zero-order chi connectivity index (χ0) is 21.6. The van der Waals surface area contributed by atoms with Crippen molar-refractivity contribution < 1.29 is 22.0 Å². The minimum absolute atomic E-state index is 0.0321. The quantitative estimate of drug-likeness (QED) is 0.711. The van der Waals surface area contributed by atoms with Crippen LogP contribution in [-0.4, -0.2) is 43.0 Å². The number of oxazole rings is 1. The molecule has 2 fully saturated rings. The molecule has 3 aliphatic heterocycles. The molecule has 0 saturated carbocycles. The monoisotopic (exact) mass is 447 g/mol. The van der Waals surface area contributed by atoms with E-state index in [9.17, 15) is 12.8 Å². The fraction of sp³-hybridized carbons (Fsp3) is 0.500. The van der Waals surface area contributed by atoms with Crippen LogP contribution in [0.5, 0.6) is 0 Å². The number of hydrogen-bond donors (Lipinski definition) is 0. The van der Waals surface area contributed by atoms with E-state index in [4.69, 9.17) is 9.15 Å². The molecule has 1 spiro atoms. The van der Waals surface area contributed by atoms with Crippen molar-refractivity contribution in [3.05, 3.63) is 59.4 Å². The third-order valence-electron chi connectivity index (χ3n) is 6.60. The van der Waals surface area contributed by atoms with E-state index in [0.29, 0.717) is 31.6 Å². The van der Waals surface area contributed by atoms with Crippen LogP contribution in [0.3, 0.4) is 0 Å². The van der Waals surface area contributed by atoms with E-state index in [-0.39, 0.29) is 12.1 Å². The summed E-state index contributed by atoms with van der Waals surface area (Å²) in [5, 5.41) is 1.26. The van der Waals surface area contributed by atoms with Crippen molar-refractivity contribution in [3.63, 3.8) is 0 Å². The van der Waals surface area contributed by atoms with Gasteiger partial charge in [0.1, 0.15) is 11.9 Å². The second-order valence-electron chi connectivity index (χ2n) is 8.63. The highest BCUT2D eigenvalue weighted by atomic mass is 32.2. The first kappa shape index (κ1) is 20.7. The Kier molecular flexibility index (Phi) is 5.15. The molecular weight excluding hydrogens is 421 g/mol. The number of piperidine rings is 1. The van der Waals surface area contributed by atoms with Crippen LogP contribution >= 0.6 is 0 Å². The standard InChI is InChI=1S/C22H26FN3O4S/c1-16-13-22(8-11-31(27,28)26(22)18-5-2-4-17(23)12-18)7-9-25(16)14-19-21(30-15-24-19)20-6-3-10-29-20/h2,4-5,8,11-12,15-16,20H,3,6-7,9-10,13-14H2,1H3/t16-,20?,22-/m0/s1. The molecule has 3 aliphatic rings. The lowest BCUT2D eigenvalue weighted by Crippen LogP contribution is -2.56. The summed E-state index contributed by atoms with van der Waals surface area (Å²) in [6, 6.07) is 5.89. The van der Waals surface area contributed by atoms with Gasteiger partial charge in [-0.15, -0.1) is 0 Å². The molecule has 7 nitrogen and oxygen atoms in total. The summed E-state index contributed by atoms with van der Waals surface area (Å²) >= 11 is 0. The third-order valence-corrected chi connectivity index (χ3v) is 8.17. The lowest BCUT2D eigenvalue weighted by Gasteiger charge is -2.47. The van der Waals surface area contributed by atoms with Gasteiger partial charge < -0.3 is 9.15 Å². The van der Waals surface area contributed by atoms with Crippen molar-refractivity contribution in [3.8, 4) is 0 Å². The van der Waals surface area contributed by atoms with Crippen LogP contribution in [-0.2, 0) is 21.3 Å². The van der Waals surface area contributed by atoms with Crippen LogP contribution in [0.25, 0.3) is 0 Å². The molecule has 1 aromatic heterocycles. The first-order valence-corrected chi connectivity index (χ1v) is 12.2. The van der Waals surface area contributed by atoms with Gasteiger partial charge in [-0.05, 0) is 56.9 Å². The Balaban J connectivity index is 1.37. The van der Waals surface area contributed by atoms with Gasteiger partial charge in [0.05, 0.1) is 16.9 Å². The molecule has 9 heteroatoms. The number of nitrogens with zero attached hydrogens (tertiary/aromatic N) is 3. The van der Waals surface area contributed by atoms with Gasteiger partial charge in [-0.3, -0.25) is 9.21 Å². The van der Waals surface area contributed by atoms with Crippen LogP contribution < -0.4 is 4.31 Å². The van der Waals surface area contributed by atoms with Gasteiger partial charge in [-0.25, -0.2) is 17.8 Å². The average Bonchev–Trinajstić information content (AvgIpc) is 3.44. The number of likely N-dealkylation sites (tertiary alicyclic amines) is 1. The number of halogens is 1. The summed E-state index contributed by atoms with van der Waals surface area (Å²) in [6.07, 6.45) is 6.38. The van der Waals surface area contributed by atoms with E-state index in [1.165, 1.54) is 28.2 Å². The Labute approximate surface area is 181 Å². The molecule has 0 bridgehead atoms. The minimum Gasteiger partial charge on any atom is -0.445 e. The van der Waals surface area contributed by atoms with E-state index < -0.39 is 21.4 Å². The molecular formula is C22H26FN3O4S. The van der Waals surface area contributed by atoms with Crippen molar-refractivity contribution in [1.82, 2.24) is 9.88 Å². The fourth-order valence-electron chi connectivity index (χ4n) is 5.11. The van der Waals surface area contributed by atoms with Crippen LogP contribution in [0, 0.1) is 5.82 Å². The smallest absolute Gasteiger partial charge is 0.258 e. The topological polar surface area (TPSA) is 75.9 Å². The maximum Gasteiger partial charge on any atom is 0.258 e. The van der Waals surface area contributed by atoms with E-state index in [2.05, 4.69) is 16.8 Å². The van der Waals surface area contributed by atoms with E-state index in [1.54, 1.807) is 18.2 Å². The molecule has 4 heterocycles. The van der Waals surface area contributed by atoms with Crippen LogP contribution in [0.2, 0.25) is 0 Å². The van der Waals surface area contributed by atoms with Crippen LogP contribution in [0.1, 0.15) is 50.2 Å². The maximum absolute atomic E-state index is 13.9. The highest BCUT2D eigenvalue weighted by Crippen LogP contribution is 2.43. The number of anilines is 1. The van der Waals surface area contributed by atoms with Gasteiger partial charge in [0, 0.05) is 31.1 Å². The highest BCUT2D eigenvalue weighted by Gasteiger charge is 2.49. The van der Waals surface area contributed by atoms with Gasteiger partial charge in [0.2, 0.25) is 0 Å². The number of benzene rings is 1. The van der Waals surface area contributed by atoms with Crippen molar-refractivity contribution in [2.45, 2.75) is 56.8 Å². The predicted octanol–water partition coefficient (Wildman–Crippen LogP) is 3.75. The summed E-state index contributed by atoms with van der Waals surface area (Å²) in [5.41, 5.74) is 0.554. The lowest BCUT2D eigenvalue weighted by molar-refractivity contribution is 0.0874. The molecule has 3 atom stereocenters. The summed E-state index contributed by atoms with van der Waals surface area (Å²) in [7, 11) is -3.65. The normalized spacial score (nSPS) is 30.5. The van der Waals surface area contributed by atoms with E-state index in [1.807, 2.05) is 0 Å². The highest BCUT2D eigenvalue weighted by molar-refractivity contribution is 7.96. The molecule has 5 rings (SSSR count). The van der Waals surface area contributed by atoms with Gasteiger partial charge in [0.25, 0.3) is 10.0 Å². The van der Waals surface area contributed by atoms with Crippen molar-refractivity contribution in [2.75, 3.05) is 17.5 Å². The Morgan fingerprint density at radius 2 is 2.23 bits per heavy atom. The summed E-state index contributed by atoms with van der Waals surface area (Å²) in [5.74, 6) is 0.350. The largest absolute Gasteiger partial charge is 0.445 e. The van der Waals surface area contributed by atoms with Crippen LogP contribution in [0.15, 0.2) is 46.6 Å². The number of rotatable bonds is 4. The summed E-state index contributed by atoms with van der Waals surface area (Å²) < 4.78 is 52.4. The van der Waals surface area contributed by atoms with Gasteiger partial charge in [-0.2, -0.15) is 0 Å². The number of sulfonamides is 1. The second kappa shape index (κ2) is 7.72. The average molecular weight is 448 g/mol. The molecule has 0 radical (unpaired) electrons. The zero-order valence-electron chi connectivity index (χ0n) is 17.4. The molecule has 1 aromatic carbocycles. The third kappa shape index (κ3) is 3.68.